The van der Waals surface area contributed by atoms with Crippen LogP contribution in [0.1, 0.15) is 30.4 Å². The van der Waals surface area contributed by atoms with Gasteiger partial charge in [-0.05, 0) is 37.3 Å². The molecule has 0 aliphatic carbocycles. The molecule has 1 aromatic carbocycles. The molecule has 0 saturated carbocycles. The number of rotatable bonds is 3. The number of nitrogens with one attached hydrogen (secondary N) is 1. The van der Waals surface area contributed by atoms with Crippen molar-refractivity contribution in [2.24, 2.45) is 0 Å². The number of amides is 1. The quantitative estimate of drug-likeness (QED) is 0.805. The summed E-state index contributed by atoms with van der Waals surface area (Å²) >= 11 is 0. The molecule has 1 amide bonds. The zero-order valence-corrected chi connectivity index (χ0v) is 13.8. The molecule has 1 aliphatic heterocycles. The second-order valence-corrected chi connectivity index (χ2v) is 6.46. The third-order valence-electron chi connectivity index (χ3n) is 4.74. The monoisotopic (exact) mass is 323 g/mol. The van der Waals surface area contributed by atoms with E-state index in [-0.39, 0.29) is 11.8 Å². The predicted molar refractivity (Wildman–Crippen MR) is 91.6 cm³/mol. The molecule has 6 heteroatoms. The average molecular weight is 323 g/mol. The van der Waals surface area contributed by atoms with Crippen LogP contribution in [-0.4, -0.2) is 43.6 Å². The number of nitrogens with zero attached hydrogens (tertiary/aromatic N) is 4. The van der Waals surface area contributed by atoms with E-state index < -0.39 is 0 Å². The molecule has 1 saturated heterocycles. The Labute approximate surface area is 140 Å². The minimum absolute atomic E-state index is 0.160. The highest BCUT2D eigenvalue weighted by Crippen LogP contribution is 2.25. The normalized spacial score (nSPS) is 18.2. The van der Waals surface area contributed by atoms with E-state index in [2.05, 4.69) is 33.4 Å². The summed E-state index contributed by atoms with van der Waals surface area (Å²) in [6.45, 7) is 3.81. The number of hydrogen-bond acceptors (Lipinski definition) is 3. The number of piperidine rings is 1. The van der Waals surface area contributed by atoms with Crippen molar-refractivity contribution in [2.75, 3.05) is 13.1 Å². The van der Waals surface area contributed by atoms with Crippen molar-refractivity contribution in [3.05, 3.63) is 48.2 Å². The van der Waals surface area contributed by atoms with Crippen molar-refractivity contribution in [1.82, 2.24) is 24.6 Å². The molecule has 0 spiro atoms. The molecule has 3 heterocycles. The highest BCUT2D eigenvalue weighted by atomic mass is 16.2. The first-order chi connectivity index (χ1) is 11.7. The standard InChI is InChI=1S/C18H21N5O/c1-13-19-18(21-20-13)15-6-4-9-23(11-15)17(24)12-22-10-8-14-5-2-3-7-16(14)22/h2-3,5,7-8,10,15H,4,6,9,11-12H2,1H3,(H,19,20,21)/t15-/m1/s1. The summed E-state index contributed by atoms with van der Waals surface area (Å²) in [4.78, 5) is 19.1. The lowest BCUT2D eigenvalue weighted by Crippen LogP contribution is -2.41. The van der Waals surface area contributed by atoms with E-state index in [0.29, 0.717) is 13.1 Å². The van der Waals surface area contributed by atoms with Gasteiger partial charge in [0.2, 0.25) is 5.91 Å². The van der Waals surface area contributed by atoms with Gasteiger partial charge in [-0.2, -0.15) is 5.10 Å². The second kappa shape index (κ2) is 6.11. The van der Waals surface area contributed by atoms with Gasteiger partial charge in [0.05, 0.1) is 0 Å². The van der Waals surface area contributed by atoms with Gasteiger partial charge in [0.25, 0.3) is 0 Å². The lowest BCUT2D eigenvalue weighted by Gasteiger charge is -2.31. The van der Waals surface area contributed by atoms with Crippen LogP contribution in [0.15, 0.2) is 36.5 Å². The van der Waals surface area contributed by atoms with Gasteiger partial charge < -0.3 is 9.47 Å². The van der Waals surface area contributed by atoms with Crippen LogP contribution in [-0.2, 0) is 11.3 Å². The Balaban J connectivity index is 1.48. The zero-order chi connectivity index (χ0) is 16.5. The molecular formula is C18H21N5O. The van der Waals surface area contributed by atoms with Gasteiger partial charge in [-0.3, -0.25) is 9.89 Å². The fourth-order valence-corrected chi connectivity index (χ4v) is 3.48. The first-order valence-electron chi connectivity index (χ1n) is 8.41. The van der Waals surface area contributed by atoms with E-state index in [1.807, 2.05) is 34.7 Å². The molecule has 0 bridgehead atoms. The second-order valence-electron chi connectivity index (χ2n) is 6.46. The highest BCUT2D eigenvalue weighted by molar-refractivity contribution is 5.83. The molecule has 1 fully saturated rings. The molecule has 24 heavy (non-hydrogen) atoms. The van der Waals surface area contributed by atoms with Gasteiger partial charge >= 0.3 is 0 Å². The van der Waals surface area contributed by atoms with Gasteiger partial charge in [-0.25, -0.2) is 4.98 Å². The van der Waals surface area contributed by atoms with Crippen LogP contribution < -0.4 is 0 Å². The zero-order valence-electron chi connectivity index (χ0n) is 13.8. The Morgan fingerprint density at radius 1 is 1.33 bits per heavy atom. The molecule has 0 unspecified atom stereocenters. The van der Waals surface area contributed by atoms with Gasteiger partial charge in [-0.15, -0.1) is 0 Å². The van der Waals surface area contributed by atoms with Gasteiger partial charge in [-0.1, -0.05) is 18.2 Å². The van der Waals surface area contributed by atoms with Crippen LogP contribution in [0.3, 0.4) is 0 Å². The number of aromatic nitrogens is 4. The summed E-state index contributed by atoms with van der Waals surface area (Å²) < 4.78 is 2.03. The van der Waals surface area contributed by atoms with Crippen molar-refractivity contribution >= 4 is 16.8 Å². The molecule has 6 nitrogen and oxygen atoms in total. The number of carbonyl (C=O) groups is 1. The first-order valence-corrected chi connectivity index (χ1v) is 8.41. The summed E-state index contributed by atoms with van der Waals surface area (Å²) in [5.74, 6) is 2.05. The van der Waals surface area contributed by atoms with Crippen molar-refractivity contribution in [3.63, 3.8) is 0 Å². The minimum atomic E-state index is 0.160. The third-order valence-corrected chi connectivity index (χ3v) is 4.74. The fraction of sp³-hybridized carbons (Fsp3) is 0.389. The number of fused-ring (bicyclic) bond motifs is 1. The molecule has 1 N–H and O–H groups in total. The number of carbonyl (C=O) groups excluding carboxylic acids is 1. The Hall–Kier alpha value is -2.63. The van der Waals surface area contributed by atoms with Crippen LogP contribution in [0.4, 0.5) is 0 Å². The maximum absolute atomic E-state index is 12.7. The smallest absolute Gasteiger partial charge is 0.242 e. The predicted octanol–water partition coefficient (Wildman–Crippen LogP) is 2.47. The topological polar surface area (TPSA) is 66.8 Å². The van der Waals surface area contributed by atoms with Crippen LogP contribution >= 0.6 is 0 Å². The average Bonchev–Trinajstić information content (AvgIpc) is 3.22. The van der Waals surface area contributed by atoms with Crippen molar-refractivity contribution < 1.29 is 4.79 Å². The molecule has 1 atom stereocenters. The molecule has 1 aliphatic rings. The maximum atomic E-state index is 12.7. The van der Waals surface area contributed by atoms with E-state index in [0.717, 1.165) is 41.9 Å². The Morgan fingerprint density at radius 3 is 3.04 bits per heavy atom. The summed E-state index contributed by atoms with van der Waals surface area (Å²) in [5.41, 5.74) is 1.10. The van der Waals surface area contributed by atoms with Crippen LogP contribution in [0.2, 0.25) is 0 Å². The lowest BCUT2D eigenvalue weighted by atomic mass is 9.97. The SMILES string of the molecule is Cc1nc([C@@H]2CCCN(C(=O)Cn3ccc4ccccc43)C2)n[nH]1. The van der Waals surface area contributed by atoms with Crippen LogP contribution in [0.25, 0.3) is 10.9 Å². The molecule has 4 rings (SSSR count). The number of benzene rings is 1. The number of aromatic amines is 1. The Morgan fingerprint density at radius 2 is 2.21 bits per heavy atom. The minimum Gasteiger partial charge on any atom is -0.340 e. The third kappa shape index (κ3) is 2.79. The summed E-state index contributed by atoms with van der Waals surface area (Å²) in [5, 5.41) is 8.33. The Kier molecular flexibility index (Phi) is 3.80. The number of para-hydroxylation sites is 1. The number of H-pyrrole nitrogens is 1. The fourth-order valence-electron chi connectivity index (χ4n) is 3.48. The summed E-state index contributed by atoms with van der Waals surface area (Å²) in [6.07, 6.45) is 4.02. The van der Waals surface area contributed by atoms with E-state index in [1.165, 1.54) is 0 Å². The summed E-state index contributed by atoms with van der Waals surface area (Å²) in [6, 6.07) is 10.2. The van der Waals surface area contributed by atoms with Crippen LogP contribution in [0, 0.1) is 6.92 Å². The van der Waals surface area contributed by atoms with Crippen molar-refractivity contribution in [1.29, 1.82) is 0 Å². The molecule has 124 valence electrons. The molecule has 2 aromatic heterocycles. The van der Waals surface area contributed by atoms with Gasteiger partial charge in [0.15, 0.2) is 5.82 Å². The maximum Gasteiger partial charge on any atom is 0.242 e. The largest absolute Gasteiger partial charge is 0.340 e. The Bertz CT molecular complexity index is 865. The van der Waals surface area contributed by atoms with E-state index in [9.17, 15) is 4.79 Å². The molecular weight excluding hydrogens is 302 g/mol. The van der Waals surface area contributed by atoms with Crippen molar-refractivity contribution in [2.45, 2.75) is 32.2 Å². The van der Waals surface area contributed by atoms with Gasteiger partial charge in [0.1, 0.15) is 12.4 Å². The lowest BCUT2D eigenvalue weighted by molar-refractivity contribution is -0.133. The summed E-state index contributed by atoms with van der Waals surface area (Å²) in [7, 11) is 0. The number of aryl methyl sites for hydroxylation is 1. The number of hydrogen-bond donors (Lipinski definition) is 1. The molecule has 3 aromatic rings. The van der Waals surface area contributed by atoms with Crippen molar-refractivity contribution in [3.8, 4) is 0 Å². The van der Waals surface area contributed by atoms with E-state index in [1.54, 1.807) is 0 Å². The number of likely N-dealkylation sites (tertiary alicyclic amines) is 1. The van der Waals surface area contributed by atoms with Gasteiger partial charge in [0, 0.05) is 30.7 Å². The molecule has 0 radical (unpaired) electrons. The van der Waals surface area contributed by atoms with Crippen LogP contribution in [0.5, 0.6) is 0 Å². The first kappa shape index (κ1) is 14.9. The van der Waals surface area contributed by atoms with E-state index >= 15 is 0 Å². The highest BCUT2D eigenvalue weighted by Gasteiger charge is 2.27. The van der Waals surface area contributed by atoms with E-state index in [4.69, 9.17) is 0 Å².